The molecule has 258 valence electrons. The van der Waals surface area contributed by atoms with Gasteiger partial charge in [0.15, 0.2) is 34.5 Å². The number of hydrogen-bond acceptors (Lipinski definition) is 12. The molecular weight excluding hydrogens is 612 g/mol. The first-order valence-electron chi connectivity index (χ1n) is 16.4. The molecule has 3 aromatic carbocycles. The van der Waals surface area contributed by atoms with Crippen molar-refractivity contribution in [3.8, 4) is 34.5 Å². The van der Waals surface area contributed by atoms with Gasteiger partial charge in [-0.15, -0.1) is 0 Å². The van der Waals surface area contributed by atoms with Crippen LogP contribution in [0.3, 0.4) is 0 Å². The molecule has 0 aliphatic rings. The van der Waals surface area contributed by atoms with Crippen LogP contribution in [0.15, 0.2) is 54.6 Å². The largest absolute Gasteiger partial charge is 0.490 e. The van der Waals surface area contributed by atoms with Crippen LogP contribution in [0.25, 0.3) is 0 Å². The van der Waals surface area contributed by atoms with Gasteiger partial charge >= 0.3 is 0 Å². The van der Waals surface area contributed by atoms with Gasteiger partial charge in [0, 0.05) is 56.4 Å². The summed E-state index contributed by atoms with van der Waals surface area (Å²) in [6, 6.07) is 17.3. The van der Waals surface area contributed by atoms with E-state index >= 15 is 0 Å². The normalized spacial score (nSPS) is 10.7. The smallest absolute Gasteiger partial charge is 0.236 e. The zero-order chi connectivity index (χ0) is 34.6. The number of aromatic nitrogens is 3. The fourth-order valence-corrected chi connectivity index (χ4v) is 4.89. The van der Waals surface area contributed by atoms with Crippen molar-refractivity contribution in [3.63, 3.8) is 0 Å². The highest BCUT2D eigenvalue weighted by Crippen LogP contribution is 2.38. The van der Waals surface area contributed by atoms with Crippen molar-refractivity contribution < 1.29 is 28.4 Å². The number of nitrogens with zero attached hydrogens (tertiary/aromatic N) is 6. The summed E-state index contributed by atoms with van der Waals surface area (Å²) in [5, 5.41) is 0. The Kier molecular flexibility index (Phi) is 12.8. The summed E-state index contributed by atoms with van der Waals surface area (Å²) in [6.07, 6.45) is 0. The lowest BCUT2D eigenvalue weighted by molar-refractivity contribution is 0.288. The zero-order valence-corrected chi connectivity index (χ0v) is 29.6. The van der Waals surface area contributed by atoms with E-state index in [0.717, 1.165) is 17.1 Å². The van der Waals surface area contributed by atoms with E-state index < -0.39 is 0 Å². The topological polar surface area (TPSA) is 104 Å². The van der Waals surface area contributed by atoms with E-state index in [0.29, 0.717) is 92.0 Å². The molecule has 0 bridgehead atoms. The molecule has 0 unspecified atom stereocenters. The molecule has 0 aliphatic heterocycles. The average molecular weight is 661 g/mol. The van der Waals surface area contributed by atoms with Gasteiger partial charge in [-0.3, -0.25) is 0 Å². The summed E-state index contributed by atoms with van der Waals surface area (Å²) < 4.78 is 35.1. The molecule has 0 atom stereocenters. The minimum atomic E-state index is 0.423. The van der Waals surface area contributed by atoms with Crippen LogP contribution in [0.1, 0.15) is 41.5 Å². The van der Waals surface area contributed by atoms with E-state index in [-0.39, 0.29) is 0 Å². The molecule has 1 aromatic heterocycles. The Morgan fingerprint density at radius 1 is 0.375 bits per heavy atom. The number of benzene rings is 3. The van der Waals surface area contributed by atoms with Crippen molar-refractivity contribution in [1.82, 2.24) is 15.0 Å². The first kappa shape index (κ1) is 35.7. The lowest BCUT2D eigenvalue weighted by atomic mass is 10.2. The van der Waals surface area contributed by atoms with E-state index in [1.807, 2.05) is 132 Å². The Morgan fingerprint density at radius 3 is 0.833 bits per heavy atom. The Labute approximate surface area is 284 Å². The molecule has 0 radical (unpaired) electrons. The fraction of sp³-hybridized carbons (Fsp3) is 0.417. The van der Waals surface area contributed by atoms with Gasteiger partial charge in [-0.25, -0.2) is 0 Å². The predicted molar refractivity (Wildman–Crippen MR) is 190 cm³/mol. The third-order valence-electron chi connectivity index (χ3n) is 7.24. The maximum absolute atomic E-state index is 5.91. The number of ether oxygens (including phenoxy) is 6. The second-order valence-electron chi connectivity index (χ2n) is 10.4. The molecular formula is C36H48N6O6. The van der Waals surface area contributed by atoms with Crippen molar-refractivity contribution in [2.24, 2.45) is 0 Å². The Morgan fingerprint density at radius 2 is 0.604 bits per heavy atom. The quantitative estimate of drug-likeness (QED) is 0.105. The first-order chi connectivity index (χ1) is 23.3. The van der Waals surface area contributed by atoms with Gasteiger partial charge in [-0.2, -0.15) is 15.0 Å². The molecule has 48 heavy (non-hydrogen) atoms. The summed E-state index contributed by atoms with van der Waals surface area (Å²) in [5.74, 6) is 5.22. The summed E-state index contributed by atoms with van der Waals surface area (Å²) in [7, 11) is 5.72. The monoisotopic (exact) mass is 660 g/mol. The van der Waals surface area contributed by atoms with E-state index in [1.54, 1.807) is 0 Å². The van der Waals surface area contributed by atoms with Gasteiger partial charge in [-0.1, -0.05) is 0 Å². The van der Waals surface area contributed by atoms with Gasteiger partial charge < -0.3 is 43.1 Å². The van der Waals surface area contributed by atoms with Crippen molar-refractivity contribution >= 4 is 34.9 Å². The van der Waals surface area contributed by atoms with Crippen molar-refractivity contribution in [3.05, 3.63) is 54.6 Å². The van der Waals surface area contributed by atoms with E-state index in [2.05, 4.69) is 0 Å². The minimum Gasteiger partial charge on any atom is -0.490 e. The van der Waals surface area contributed by atoms with Crippen LogP contribution in [0, 0.1) is 0 Å². The first-order valence-corrected chi connectivity index (χ1v) is 16.4. The van der Waals surface area contributed by atoms with Crippen LogP contribution in [-0.4, -0.2) is 75.7 Å². The summed E-state index contributed by atoms with van der Waals surface area (Å²) in [5.41, 5.74) is 2.44. The van der Waals surface area contributed by atoms with Crippen LogP contribution >= 0.6 is 0 Å². The van der Waals surface area contributed by atoms with E-state index in [9.17, 15) is 0 Å². The highest BCUT2D eigenvalue weighted by molar-refractivity contribution is 5.69. The summed E-state index contributed by atoms with van der Waals surface area (Å²) in [6.45, 7) is 14.7. The van der Waals surface area contributed by atoms with Gasteiger partial charge in [0.25, 0.3) is 0 Å². The maximum Gasteiger partial charge on any atom is 0.236 e. The van der Waals surface area contributed by atoms with Crippen molar-refractivity contribution in [2.45, 2.75) is 41.5 Å². The summed E-state index contributed by atoms with van der Waals surface area (Å²) >= 11 is 0. The SMILES string of the molecule is CCOc1ccc(N(C)c2nc(N(C)c3ccc(OCC)c(OCC)c3)nc(N(C)c3ccc(OCC)c(OCC)c3)n2)cc1OCC. The van der Waals surface area contributed by atoms with E-state index in [1.165, 1.54) is 0 Å². The molecule has 12 heteroatoms. The second kappa shape index (κ2) is 17.1. The van der Waals surface area contributed by atoms with Gasteiger partial charge in [-0.05, 0) is 77.9 Å². The van der Waals surface area contributed by atoms with Gasteiger partial charge in [0.2, 0.25) is 17.8 Å². The Hall–Kier alpha value is -5.13. The van der Waals surface area contributed by atoms with Crippen LogP contribution in [-0.2, 0) is 0 Å². The molecule has 0 aliphatic carbocycles. The molecule has 0 spiro atoms. The minimum absolute atomic E-state index is 0.423. The number of rotatable bonds is 18. The van der Waals surface area contributed by atoms with Gasteiger partial charge in [0.1, 0.15) is 0 Å². The maximum atomic E-state index is 5.91. The molecule has 12 nitrogen and oxygen atoms in total. The predicted octanol–water partition coefficient (Wildman–Crippen LogP) is 7.57. The molecule has 0 N–H and O–H groups in total. The number of anilines is 6. The second-order valence-corrected chi connectivity index (χ2v) is 10.4. The molecule has 1 heterocycles. The molecule has 0 saturated heterocycles. The van der Waals surface area contributed by atoms with Crippen LogP contribution in [0.5, 0.6) is 34.5 Å². The lowest BCUT2D eigenvalue weighted by Gasteiger charge is -2.26. The standard InChI is InChI=1S/C36H48N6O6/c1-10-43-28-19-16-25(22-31(28)46-13-4)40(7)34-37-35(41(8)26-17-20-29(44-11-2)32(23-26)47-14-5)39-36(38-34)42(9)27-18-21-30(45-12-3)33(24-27)48-15-6/h16-24H,10-15H2,1-9H3. The highest BCUT2D eigenvalue weighted by atomic mass is 16.5. The third-order valence-corrected chi connectivity index (χ3v) is 7.24. The highest BCUT2D eigenvalue weighted by Gasteiger charge is 2.21. The van der Waals surface area contributed by atoms with E-state index in [4.69, 9.17) is 43.4 Å². The molecule has 0 saturated carbocycles. The van der Waals surface area contributed by atoms with Gasteiger partial charge in [0.05, 0.1) is 39.6 Å². The molecule has 4 aromatic rings. The molecule has 4 rings (SSSR count). The van der Waals surface area contributed by atoms with Crippen molar-refractivity contribution in [2.75, 3.05) is 75.5 Å². The fourth-order valence-electron chi connectivity index (χ4n) is 4.89. The summed E-state index contributed by atoms with van der Waals surface area (Å²) in [4.78, 5) is 20.5. The zero-order valence-electron chi connectivity index (χ0n) is 29.6. The lowest BCUT2D eigenvalue weighted by Crippen LogP contribution is -2.22. The molecule has 0 fully saturated rings. The third kappa shape index (κ3) is 8.41. The van der Waals surface area contributed by atoms with Crippen LogP contribution in [0.2, 0.25) is 0 Å². The number of hydrogen-bond donors (Lipinski definition) is 0. The average Bonchev–Trinajstić information content (AvgIpc) is 3.10. The Balaban J connectivity index is 1.83. The van der Waals surface area contributed by atoms with Crippen molar-refractivity contribution in [1.29, 1.82) is 0 Å². The van der Waals surface area contributed by atoms with Crippen LogP contribution in [0.4, 0.5) is 34.9 Å². The van der Waals surface area contributed by atoms with Crippen LogP contribution < -0.4 is 43.1 Å². The molecule has 0 amide bonds. The Bertz CT molecular complexity index is 1440.